The summed E-state index contributed by atoms with van der Waals surface area (Å²) in [5.74, 6) is 4.58. The third-order valence-corrected chi connectivity index (χ3v) is 20.5. The summed E-state index contributed by atoms with van der Waals surface area (Å²) in [4.78, 5) is 0. The lowest BCUT2D eigenvalue weighted by molar-refractivity contribution is -0.150. The van der Waals surface area contributed by atoms with Crippen molar-refractivity contribution in [3.05, 3.63) is 119 Å². The zero-order valence-corrected chi connectivity index (χ0v) is 47.0. The van der Waals surface area contributed by atoms with Gasteiger partial charge in [0.05, 0.1) is 73.7 Å². The fourth-order valence-corrected chi connectivity index (χ4v) is 16.5. The van der Waals surface area contributed by atoms with Crippen LogP contribution in [0.25, 0.3) is 0 Å². The molecule has 432 valence electrons. The minimum Gasteiger partial charge on any atom is -0.486 e. The predicted octanol–water partition coefficient (Wildman–Crippen LogP) is 7.05. The molecule has 24 atom stereocenters. The van der Waals surface area contributed by atoms with Crippen LogP contribution in [0.15, 0.2) is 97.1 Å². The average Bonchev–Trinajstić information content (AvgIpc) is 4.39. The highest BCUT2D eigenvalue weighted by molar-refractivity contribution is 5.35. The van der Waals surface area contributed by atoms with Gasteiger partial charge in [-0.2, -0.15) is 0 Å². The van der Waals surface area contributed by atoms with Crippen molar-refractivity contribution in [2.75, 3.05) is 0 Å². The van der Waals surface area contributed by atoms with Crippen molar-refractivity contribution in [3.63, 3.8) is 0 Å². The summed E-state index contributed by atoms with van der Waals surface area (Å²) in [5.41, 5.74) is 3.11. The van der Waals surface area contributed by atoms with E-state index in [1.165, 1.54) is 64.2 Å². The molecule has 4 aromatic carbocycles. The summed E-state index contributed by atoms with van der Waals surface area (Å²) in [5, 5.41) is 77.0. The van der Waals surface area contributed by atoms with Gasteiger partial charge in [0.2, 0.25) is 0 Å². The van der Waals surface area contributed by atoms with E-state index in [2.05, 4.69) is 42.5 Å². The summed E-state index contributed by atoms with van der Waals surface area (Å²) < 4.78 is 30.1. The maximum Gasteiger partial charge on any atom is 0.176 e. The Morgan fingerprint density at radius 3 is 0.688 bits per heavy atom. The second-order valence-electron chi connectivity index (χ2n) is 25.5. The molecule has 80 heavy (non-hydrogen) atoms. The molecule has 4 saturated carbocycles. The predicted molar refractivity (Wildman–Crippen MR) is 305 cm³/mol. The van der Waals surface area contributed by atoms with E-state index < -0.39 is 48.8 Å². The van der Waals surface area contributed by atoms with Crippen LogP contribution in [0, 0.1) is 47.3 Å². The van der Waals surface area contributed by atoms with Crippen molar-refractivity contribution >= 4 is 0 Å². The number of fused-ring (bicyclic) bond motifs is 20. The molecule has 24 unspecified atom stereocenters. The summed E-state index contributed by atoms with van der Waals surface area (Å²) in [6.45, 7) is 7.07. The monoisotopic (exact) mass is 1100 g/mol. The lowest BCUT2D eigenvalue weighted by Gasteiger charge is -2.50. The Bertz CT molecular complexity index is 2500. The van der Waals surface area contributed by atoms with Gasteiger partial charge in [-0.3, -0.25) is 42.5 Å². The Morgan fingerprint density at radius 2 is 0.475 bits per heavy atom. The van der Waals surface area contributed by atoms with Crippen LogP contribution in [-0.4, -0.2) is 94.2 Å². The Balaban J connectivity index is 0.973. The Hall–Kier alpha value is -4.40. The summed E-state index contributed by atoms with van der Waals surface area (Å²) in [7, 11) is 0. The van der Waals surface area contributed by atoms with E-state index in [9.17, 15) is 20.4 Å². The molecular formula is C64H88N8O8. The Morgan fingerprint density at radius 1 is 0.287 bits per heavy atom. The van der Waals surface area contributed by atoms with Crippen LogP contribution < -0.4 is 61.5 Å². The fourth-order valence-electron chi connectivity index (χ4n) is 16.5. The van der Waals surface area contributed by atoms with Crippen molar-refractivity contribution in [1.82, 2.24) is 42.5 Å². The average molecular weight is 1100 g/mol. The van der Waals surface area contributed by atoms with Crippen molar-refractivity contribution in [2.45, 2.75) is 203 Å². The molecule has 0 spiro atoms. The maximum atomic E-state index is 10.7. The lowest BCUT2D eigenvalue weighted by Crippen LogP contribution is -2.69. The van der Waals surface area contributed by atoms with Crippen LogP contribution in [0.3, 0.4) is 0 Å². The van der Waals surface area contributed by atoms with Gasteiger partial charge in [-0.05, 0) is 173 Å². The second-order valence-corrected chi connectivity index (χ2v) is 25.5. The van der Waals surface area contributed by atoms with E-state index in [-0.39, 0.29) is 61.2 Å². The van der Waals surface area contributed by atoms with Gasteiger partial charge in [-0.25, -0.2) is 0 Å². The van der Waals surface area contributed by atoms with Crippen LogP contribution in [0.1, 0.15) is 151 Å². The topological polar surface area (TPSA) is 214 Å². The van der Waals surface area contributed by atoms with Crippen LogP contribution in [0.2, 0.25) is 0 Å². The van der Waals surface area contributed by atoms with Gasteiger partial charge in [0.15, 0.2) is 12.2 Å². The van der Waals surface area contributed by atoms with Crippen molar-refractivity contribution in [1.29, 1.82) is 0 Å². The molecule has 5 saturated heterocycles. The fraction of sp³-hybridized carbons (Fsp3) is 0.625. The summed E-state index contributed by atoms with van der Waals surface area (Å²) in [6.07, 6.45) is 8.76. The first kappa shape index (κ1) is 54.8. The maximum absolute atomic E-state index is 10.7. The molecule has 0 aromatic heterocycles. The molecule has 0 radical (unpaired) electrons. The normalized spacial score (nSPS) is 39.8. The van der Waals surface area contributed by atoms with Gasteiger partial charge in [-0.15, -0.1) is 0 Å². The smallest absolute Gasteiger partial charge is 0.176 e. The van der Waals surface area contributed by atoms with Gasteiger partial charge in [0.1, 0.15) is 35.2 Å². The number of aliphatic hydroxyl groups is 4. The largest absolute Gasteiger partial charge is 0.486 e. The minimum atomic E-state index is -0.818. The van der Waals surface area contributed by atoms with Crippen LogP contribution in [0.4, 0.5) is 0 Å². The molecule has 9 aliphatic rings. The molecule has 9 fully saturated rings. The molecule has 12 N–H and O–H groups in total. The molecule has 16 nitrogen and oxygen atoms in total. The standard InChI is InChI=1S/C64H88N8O8/c1-33(73)37-17-25-41(26-18-37)77-53-51-52(54(78-42-27-19-38(20-28-42)34(2)74)56(80-44-31-23-40(24-32-44)36(4)76)55(53)79-43-29-21-39(22-30-43)35(3)75)64-71-62-50-16-10-8-14-48(50)60(69-62)67-58-46-12-6-5-11-45(46)57(65-58)66-59-47-13-7-9-15-49(47)61(68-59)70-63(51)72-64/h17-36,45-76H,5-16H2,1-4H3. The highest BCUT2D eigenvalue weighted by Gasteiger charge is 2.65. The van der Waals surface area contributed by atoms with E-state index in [1.807, 2.05) is 97.1 Å². The highest BCUT2D eigenvalue weighted by Crippen LogP contribution is 2.49. The van der Waals surface area contributed by atoms with Crippen molar-refractivity contribution in [2.24, 2.45) is 47.3 Å². The van der Waals surface area contributed by atoms with Gasteiger partial charge in [0, 0.05) is 11.8 Å². The van der Waals surface area contributed by atoms with E-state index >= 15 is 0 Å². The van der Waals surface area contributed by atoms with Crippen LogP contribution in [0.5, 0.6) is 23.0 Å². The minimum absolute atomic E-state index is 0.0241. The quantitative estimate of drug-likeness (QED) is 0.0685. The summed E-state index contributed by atoms with van der Waals surface area (Å²) in [6, 6.07) is 30.8. The molecule has 13 rings (SSSR count). The van der Waals surface area contributed by atoms with Crippen LogP contribution >= 0.6 is 0 Å². The first-order valence-corrected chi connectivity index (χ1v) is 30.8. The van der Waals surface area contributed by atoms with Crippen molar-refractivity contribution < 1.29 is 39.4 Å². The molecule has 0 amide bonds. The first-order valence-electron chi connectivity index (χ1n) is 30.8. The molecule has 4 aromatic rings. The van der Waals surface area contributed by atoms with Crippen LogP contribution in [-0.2, 0) is 0 Å². The Kier molecular flexibility index (Phi) is 16.0. The SMILES string of the molecule is CC(O)c1ccc(OC2C(Oc3ccc(C(C)O)cc3)C(Oc3ccc(C(C)O)cc3)C3C4NC5NC(NC6NC(NC7NC(NC(N4)C3C2Oc2ccc(C(C)O)cc2)C2CCCCC72)C2CCCCC62)C2CCCCC52)cc1. The number of hydrogen-bond donors (Lipinski definition) is 12. The number of hydrogen-bond acceptors (Lipinski definition) is 16. The number of aliphatic hydroxyl groups excluding tert-OH is 4. The molecule has 4 aliphatic carbocycles. The number of rotatable bonds is 12. The third kappa shape index (κ3) is 10.9. The van der Waals surface area contributed by atoms with E-state index in [0.717, 1.165) is 35.1 Å². The molecule has 5 aliphatic heterocycles. The molecule has 16 heteroatoms. The number of benzene rings is 4. The molecule has 5 heterocycles. The zero-order chi connectivity index (χ0) is 54.8. The van der Waals surface area contributed by atoms with E-state index in [4.69, 9.17) is 18.9 Å². The van der Waals surface area contributed by atoms with Gasteiger partial charge in [-0.1, -0.05) is 87.1 Å². The Labute approximate surface area is 472 Å². The summed E-state index contributed by atoms with van der Waals surface area (Å²) >= 11 is 0. The van der Waals surface area contributed by atoms with E-state index in [1.54, 1.807) is 27.7 Å². The molecule has 8 bridgehead atoms. The van der Waals surface area contributed by atoms with E-state index in [0.29, 0.717) is 58.5 Å². The second kappa shape index (κ2) is 23.3. The first-order chi connectivity index (χ1) is 38.9. The number of nitrogens with one attached hydrogen (secondary N) is 8. The number of ether oxygens (including phenoxy) is 4. The van der Waals surface area contributed by atoms with Gasteiger partial charge < -0.3 is 39.4 Å². The molecular weight excluding hydrogens is 1010 g/mol. The van der Waals surface area contributed by atoms with Crippen molar-refractivity contribution in [3.8, 4) is 23.0 Å². The third-order valence-electron chi connectivity index (χ3n) is 20.5. The lowest BCUT2D eigenvalue weighted by atomic mass is 9.71. The van der Waals surface area contributed by atoms with Gasteiger partial charge >= 0.3 is 0 Å². The zero-order valence-electron chi connectivity index (χ0n) is 47.0. The van der Waals surface area contributed by atoms with Gasteiger partial charge in [0.25, 0.3) is 0 Å². The highest BCUT2D eigenvalue weighted by atomic mass is 16.6.